The average molecular weight is 299 g/mol. The monoisotopic (exact) mass is 298 g/mol. The van der Waals surface area contributed by atoms with Crippen LogP contribution in [-0.4, -0.2) is 32.1 Å². The van der Waals surface area contributed by atoms with Crippen molar-refractivity contribution in [1.29, 1.82) is 0 Å². The van der Waals surface area contributed by atoms with Crippen LogP contribution in [0.3, 0.4) is 0 Å². The first-order chi connectivity index (χ1) is 8.20. The number of nitrogens with zero attached hydrogens (tertiary/aromatic N) is 3. The number of nitrogens with one attached hydrogen (secondary N) is 1. The van der Waals surface area contributed by atoms with E-state index in [2.05, 4.69) is 31.2 Å². The fraction of sp³-hybridized carbons (Fsp3) is 0.455. The van der Waals surface area contributed by atoms with Crippen molar-refractivity contribution >= 4 is 27.4 Å². The fourth-order valence-corrected chi connectivity index (χ4v) is 1.98. The van der Waals surface area contributed by atoms with Gasteiger partial charge >= 0.3 is 0 Å². The molecule has 1 unspecified atom stereocenters. The summed E-state index contributed by atoms with van der Waals surface area (Å²) in [5.74, 6) is 0.729. The standard InChI is InChI=1S/C11H15BrN4O/c1-2-8(17)3-4-13-10-11-14-5-6-16(11)7-9(12)15-10/h5-8,17H,2-4H2,1H3,(H,13,15). The predicted octanol–water partition coefficient (Wildman–Crippen LogP) is 2.06. The number of aliphatic hydroxyl groups is 1. The molecule has 0 bridgehead atoms. The highest BCUT2D eigenvalue weighted by molar-refractivity contribution is 9.10. The van der Waals surface area contributed by atoms with Crippen molar-refractivity contribution in [2.45, 2.75) is 25.9 Å². The van der Waals surface area contributed by atoms with E-state index in [1.165, 1.54) is 0 Å². The minimum Gasteiger partial charge on any atom is -0.393 e. The maximum absolute atomic E-state index is 9.47. The van der Waals surface area contributed by atoms with Crippen LogP contribution < -0.4 is 5.32 Å². The van der Waals surface area contributed by atoms with E-state index in [0.717, 1.165) is 22.5 Å². The van der Waals surface area contributed by atoms with Crippen molar-refractivity contribution in [2.24, 2.45) is 0 Å². The lowest BCUT2D eigenvalue weighted by Crippen LogP contribution is -2.13. The second-order valence-electron chi connectivity index (χ2n) is 3.85. The third-order valence-corrected chi connectivity index (χ3v) is 2.97. The van der Waals surface area contributed by atoms with Crippen LogP contribution in [0, 0.1) is 0 Å². The van der Waals surface area contributed by atoms with Crippen LogP contribution in [0.2, 0.25) is 0 Å². The molecule has 0 aliphatic rings. The van der Waals surface area contributed by atoms with E-state index in [-0.39, 0.29) is 6.10 Å². The number of hydrogen-bond acceptors (Lipinski definition) is 4. The second kappa shape index (κ2) is 5.46. The van der Waals surface area contributed by atoms with Crippen LogP contribution >= 0.6 is 15.9 Å². The normalized spacial score (nSPS) is 12.9. The van der Waals surface area contributed by atoms with Crippen LogP contribution in [0.25, 0.3) is 5.65 Å². The molecule has 0 fully saturated rings. The first kappa shape index (κ1) is 12.3. The third kappa shape index (κ3) is 2.95. The number of fused-ring (bicyclic) bond motifs is 1. The van der Waals surface area contributed by atoms with Crippen LogP contribution in [0.5, 0.6) is 0 Å². The smallest absolute Gasteiger partial charge is 0.180 e. The van der Waals surface area contributed by atoms with Crippen molar-refractivity contribution in [2.75, 3.05) is 11.9 Å². The Labute approximate surface area is 108 Å². The van der Waals surface area contributed by atoms with Gasteiger partial charge in [-0.3, -0.25) is 0 Å². The molecule has 1 atom stereocenters. The summed E-state index contributed by atoms with van der Waals surface area (Å²) in [4.78, 5) is 8.57. The molecule has 2 aromatic rings. The first-order valence-corrected chi connectivity index (χ1v) is 6.41. The van der Waals surface area contributed by atoms with E-state index < -0.39 is 0 Å². The van der Waals surface area contributed by atoms with Gasteiger partial charge in [-0.15, -0.1) is 0 Å². The summed E-state index contributed by atoms with van der Waals surface area (Å²) in [7, 11) is 0. The van der Waals surface area contributed by atoms with Crippen LogP contribution in [-0.2, 0) is 0 Å². The molecule has 0 spiro atoms. The number of halogens is 1. The Morgan fingerprint density at radius 3 is 3.18 bits per heavy atom. The Hall–Kier alpha value is -1.14. The van der Waals surface area contributed by atoms with Gasteiger partial charge < -0.3 is 14.8 Å². The van der Waals surface area contributed by atoms with Gasteiger partial charge in [0.15, 0.2) is 11.5 Å². The highest BCUT2D eigenvalue weighted by atomic mass is 79.9. The zero-order valence-electron chi connectivity index (χ0n) is 9.60. The van der Waals surface area contributed by atoms with Gasteiger partial charge in [-0.2, -0.15) is 0 Å². The van der Waals surface area contributed by atoms with E-state index in [1.807, 2.05) is 23.7 Å². The molecular formula is C11H15BrN4O. The minimum atomic E-state index is -0.259. The van der Waals surface area contributed by atoms with Gasteiger partial charge in [0.25, 0.3) is 0 Å². The molecule has 0 amide bonds. The van der Waals surface area contributed by atoms with Crippen molar-refractivity contribution in [3.63, 3.8) is 0 Å². The summed E-state index contributed by atoms with van der Waals surface area (Å²) in [5.41, 5.74) is 0.791. The number of hydrogen-bond donors (Lipinski definition) is 2. The van der Waals surface area contributed by atoms with Crippen molar-refractivity contribution in [3.8, 4) is 0 Å². The number of aliphatic hydroxyl groups excluding tert-OH is 1. The quantitative estimate of drug-likeness (QED) is 0.887. The van der Waals surface area contributed by atoms with Gasteiger partial charge in [0.2, 0.25) is 0 Å². The Morgan fingerprint density at radius 1 is 1.59 bits per heavy atom. The summed E-state index contributed by atoms with van der Waals surface area (Å²) in [6.45, 7) is 2.65. The summed E-state index contributed by atoms with van der Waals surface area (Å²) in [6.07, 6.45) is 6.67. The van der Waals surface area contributed by atoms with E-state index in [9.17, 15) is 5.11 Å². The summed E-state index contributed by atoms with van der Waals surface area (Å²) >= 11 is 3.35. The highest BCUT2D eigenvalue weighted by Gasteiger charge is 2.06. The van der Waals surface area contributed by atoms with Crippen LogP contribution in [0.1, 0.15) is 19.8 Å². The molecule has 2 rings (SSSR count). The molecule has 2 aromatic heterocycles. The SMILES string of the molecule is CCC(O)CCNc1nc(Br)cn2ccnc12. The molecule has 0 aliphatic heterocycles. The Morgan fingerprint density at radius 2 is 2.41 bits per heavy atom. The molecule has 92 valence electrons. The van der Waals surface area contributed by atoms with Crippen molar-refractivity contribution in [1.82, 2.24) is 14.4 Å². The molecule has 6 heteroatoms. The molecule has 0 aromatic carbocycles. The molecule has 0 saturated carbocycles. The maximum atomic E-state index is 9.47. The summed E-state index contributed by atoms with van der Waals surface area (Å²) < 4.78 is 2.65. The fourth-order valence-electron chi connectivity index (χ4n) is 1.58. The van der Waals surface area contributed by atoms with E-state index in [4.69, 9.17) is 0 Å². The van der Waals surface area contributed by atoms with E-state index in [0.29, 0.717) is 13.0 Å². The highest BCUT2D eigenvalue weighted by Crippen LogP contribution is 2.16. The Bertz CT molecular complexity index is 499. The predicted molar refractivity (Wildman–Crippen MR) is 70.1 cm³/mol. The Balaban J connectivity index is 2.09. The zero-order valence-corrected chi connectivity index (χ0v) is 11.2. The lowest BCUT2D eigenvalue weighted by Gasteiger charge is -2.10. The summed E-state index contributed by atoms with van der Waals surface area (Å²) in [5, 5.41) is 12.7. The molecule has 0 saturated heterocycles. The van der Waals surface area contributed by atoms with Crippen molar-refractivity contribution in [3.05, 3.63) is 23.2 Å². The molecule has 0 radical (unpaired) electrons. The molecule has 2 heterocycles. The largest absolute Gasteiger partial charge is 0.393 e. The summed E-state index contributed by atoms with van der Waals surface area (Å²) in [6, 6.07) is 0. The third-order valence-electron chi connectivity index (χ3n) is 2.59. The first-order valence-electron chi connectivity index (χ1n) is 5.62. The molecular weight excluding hydrogens is 284 g/mol. The van der Waals surface area contributed by atoms with Gasteiger partial charge in [-0.25, -0.2) is 9.97 Å². The Kier molecular flexibility index (Phi) is 3.96. The topological polar surface area (TPSA) is 62.5 Å². The molecule has 17 heavy (non-hydrogen) atoms. The van der Waals surface area contributed by atoms with Gasteiger partial charge in [0.05, 0.1) is 6.10 Å². The maximum Gasteiger partial charge on any atom is 0.180 e. The van der Waals surface area contributed by atoms with Gasteiger partial charge in [-0.05, 0) is 28.8 Å². The molecule has 5 nitrogen and oxygen atoms in total. The van der Waals surface area contributed by atoms with E-state index in [1.54, 1.807) is 6.20 Å². The van der Waals surface area contributed by atoms with Gasteiger partial charge in [-0.1, -0.05) is 6.92 Å². The lowest BCUT2D eigenvalue weighted by atomic mass is 10.2. The minimum absolute atomic E-state index is 0.259. The zero-order chi connectivity index (χ0) is 12.3. The number of imidazole rings is 1. The lowest BCUT2D eigenvalue weighted by molar-refractivity contribution is 0.164. The average Bonchev–Trinajstić information content (AvgIpc) is 2.76. The van der Waals surface area contributed by atoms with Crippen LogP contribution in [0.15, 0.2) is 23.2 Å². The van der Waals surface area contributed by atoms with Crippen LogP contribution in [0.4, 0.5) is 5.82 Å². The van der Waals surface area contributed by atoms with Gasteiger partial charge in [0.1, 0.15) is 4.60 Å². The number of aromatic nitrogens is 3. The molecule has 0 aliphatic carbocycles. The number of anilines is 1. The second-order valence-corrected chi connectivity index (χ2v) is 4.66. The number of rotatable bonds is 5. The molecule has 2 N–H and O–H groups in total. The van der Waals surface area contributed by atoms with E-state index >= 15 is 0 Å². The van der Waals surface area contributed by atoms with Crippen molar-refractivity contribution < 1.29 is 5.11 Å². The van der Waals surface area contributed by atoms with Gasteiger partial charge in [0, 0.05) is 25.1 Å².